The number of carbonyl (C=O) groups is 1. The third kappa shape index (κ3) is 4.11. The number of benzene rings is 2. The van der Waals surface area contributed by atoms with Crippen LogP contribution in [0, 0.1) is 0 Å². The first-order valence-electron chi connectivity index (χ1n) is 11.4. The van der Waals surface area contributed by atoms with Gasteiger partial charge in [0.25, 0.3) is 5.56 Å². The molecule has 0 spiro atoms. The van der Waals surface area contributed by atoms with Gasteiger partial charge >= 0.3 is 0 Å². The maximum Gasteiger partial charge on any atom is 0.264 e. The first-order chi connectivity index (χ1) is 17.7. The van der Waals surface area contributed by atoms with E-state index >= 15 is 0 Å². The van der Waals surface area contributed by atoms with Gasteiger partial charge in [-0.3, -0.25) is 14.2 Å². The van der Waals surface area contributed by atoms with Crippen LogP contribution in [0.3, 0.4) is 0 Å². The Hall–Kier alpha value is -4.44. The van der Waals surface area contributed by atoms with E-state index in [4.69, 9.17) is 9.47 Å². The van der Waals surface area contributed by atoms with Gasteiger partial charge in [0.15, 0.2) is 17.1 Å². The van der Waals surface area contributed by atoms with E-state index in [1.165, 1.54) is 17.1 Å². The third-order valence-electron chi connectivity index (χ3n) is 5.89. The highest BCUT2D eigenvalue weighted by Gasteiger charge is 2.22. The largest absolute Gasteiger partial charge is 0.486 e. The second-order valence-electron chi connectivity index (χ2n) is 8.19. The quantitative estimate of drug-likeness (QED) is 0.354. The average Bonchev–Trinajstić information content (AvgIpc) is 3.59. The molecule has 9 nitrogen and oxygen atoms in total. The highest BCUT2D eigenvalue weighted by atomic mass is 32.1. The Balaban J connectivity index is 1.32. The lowest BCUT2D eigenvalue weighted by atomic mass is 10.2. The molecule has 36 heavy (non-hydrogen) atoms. The van der Waals surface area contributed by atoms with Gasteiger partial charge in [0, 0.05) is 16.6 Å². The summed E-state index contributed by atoms with van der Waals surface area (Å²) in [5.41, 5.74) is 1.58. The Kier molecular flexibility index (Phi) is 5.70. The van der Waals surface area contributed by atoms with Crippen molar-refractivity contribution in [2.45, 2.75) is 13.1 Å². The van der Waals surface area contributed by atoms with Gasteiger partial charge in [-0.25, -0.2) is 9.67 Å². The number of anilines is 1. The minimum Gasteiger partial charge on any atom is -0.486 e. The van der Waals surface area contributed by atoms with Crippen LogP contribution in [0.15, 0.2) is 83.4 Å². The van der Waals surface area contributed by atoms with Crippen molar-refractivity contribution in [3.05, 3.63) is 93.8 Å². The summed E-state index contributed by atoms with van der Waals surface area (Å²) >= 11 is 1.56. The van der Waals surface area contributed by atoms with Gasteiger partial charge in [0.2, 0.25) is 5.91 Å². The lowest BCUT2D eigenvalue weighted by Gasteiger charge is -2.25. The summed E-state index contributed by atoms with van der Waals surface area (Å²) in [6.07, 6.45) is 2.89. The Bertz CT molecular complexity index is 1590. The maximum absolute atomic E-state index is 13.6. The highest BCUT2D eigenvalue weighted by Crippen LogP contribution is 2.34. The van der Waals surface area contributed by atoms with Gasteiger partial charge in [-0.1, -0.05) is 24.3 Å². The maximum atomic E-state index is 13.6. The minimum atomic E-state index is -0.325. The van der Waals surface area contributed by atoms with Crippen molar-refractivity contribution in [1.82, 2.24) is 19.3 Å². The number of ether oxygens (including phenoxy) is 2. The van der Waals surface area contributed by atoms with E-state index in [1.807, 2.05) is 53.9 Å². The fraction of sp³-hybridized carbons (Fsp3) is 0.154. The molecule has 0 saturated carbocycles. The molecular weight excluding hydrogens is 478 g/mol. The molecule has 0 aliphatic carbocycles. The summed E-state index contributed by atoms with van der Waals surface area (Å²) in [6.45, 7) is 1.14. The first-order valence-corrected chi connectivity index (χ1v) is 12.3. The van der Waals surface area contributed by atoms with Crippen LogP contribution < -0.4 is 19.9 Å². The predicted octanol–water partition coefficient (Wildman–Crippen LogP) is 3.65. The minimum absolute atomic E-state index is 0.169. The molecule has 6 rings (SSSR count). The second-order valence-corrected chi connectivity index (χ2v) is 9.23. The predicted molar refractivity (Wildman–Crippen MR) is 136 cm³/mol. The molecule has 5 aromatic rings. The van der Waals surface area contributed by atoms with E-state index < -0.39 is 0 Å². The van der Waals surface area contributed by atoms with Gasteiger partial charge in [-0.2, -0.15) is 5.10 Å². The standard InChI is InChI=1S/C26H21N5O4S/c32-24(16-29-17-27-25-21(26(29)33)14-28-31(25)18-5-2-1-3-6-18)30(15-20-7-4-12-36-20)19-8-9-22-23(13-19)35-11-10-34-22/h1-9,12-14,17H,10-11,15-16H2. The topological polar surface area (TPSA) is 91.5 Å². The number of amides is 1. The molecule has 0 saturated heterocycles. The third-order valence-corrected chi connectivity index (χ3v) is 6.75. The van der Waals surface area contributed by atoms with E-state index in [2.05, 4.69) is 10.1 Å². The van der Waals surface area contributed by atoms with Crippen molar-refractivity contribution in [3.63, 3.8) is 0 Å². The first kappa shape index (κ1) is 22.1. The van der Waals surface area contributed by atoms with Gasteiger partial charge in [0.1, 0.15) is 31.5 Å². The van der Waals surface area contributed by atoms with Crippen LogP contribution in [-0.2, 0) is 17.9 Å². The Morgan fingerprint density at radius 1 is 1.03 bits per heavy atom. The monoisotopic (exact) mass is 499 g/mol. The molecule has 2 aromatic carbocycles. The number of rotatable bonds is 6. The number of carbonyl (C=O) groups excluding carboxylic acids is 1. The number of hydrogen-bond acceptors (Lipinski definition) is 7. The van der Waals surface area contributed by atoms with Crippen molar-refractivity contribution in [2.75, 3.05) is 18.1 Å². The number of hydrogen-bond donors (Lipinski definition) is 0. The molecule has 180 valence electrons. The summed E-state index contributed by atoms with van der Waals surface area (Å²) in [7, 11) is 0. The lowest BCUT2D eigenvalue weighted by Crippen LogP contribution is -2.36. The van der Waals surface area contributed by atoms with E-state index in [9.17, 15) is 9.59 Å². The molecule has 0 atom stereocenters. The molecule has 3 aromatic heterocycles. The summed E-state index contributed by atoms with van der Waals surface area (Å²) in [4.78, 5) is 33.9. The van der Waals surface area contributed by atoms with E-state index in [0.717, 1.165) is 10.6 Å². The van der Waals surface area contributed by atoms with E-state index in [0.29, 0.717) is 48.0 Å². The molecular formula is C26H21N5O4S. The van der Waals surface area contributed by atoms with Crippen LogP contribution in [-0.4, -0.2) is 38.5 Å². The van der Waals surface area contributed by atoms with Gasteiger partial charge in [0.05, 0.1) is 18.4 Å². The van der Waals surface area contributed by atoms with E-state index in [-0.39, 0.29) is 18.0 Å². The number of aromatic nitrogens is 4. The van der Waals surface area contributed by atoms with Crippen molar-refractivity contribution >= 4 is 34.0 Å². The van der Waals surface area contributed by atoms with Gasteiger partial charge in [-0.15, -0.1) is 11.3 Å². The molecule has 0 unspecified atom stereocenters. The van der Waals surface area contributed by atoms with Crippen LogP contribution in [0.5, 0.6) is 11.5 Å². The van der Waals surface area contributed by atoms with Crippen LogP contribution in [0.4, 0.5) is 5.69 Å². The van der Waals surface area contributed by atoms with Crippen LogP contribution >= 0.6 is 11.3 Å². The smallest absolute Gasteiger partial charge is 0.264 e. The fourth-order valence-corrected chi connectivity index (χ4v) is 4.82. The number of fused-ring (bicyclic) bond motifs is 2. The van der Waals surface area contributed by atoms with Crippen molar-refractivity contribution in [1.29, 1.82) is 0 Å². The van der Waals surface area contributed by atoms with E-state index in [1.54, 1.807) is 33.1 Å². The van der Waals surface area contributed by atoms with Crippen LogP contribution in [0.25, 0.3) is 16.7 Å². The second kappa shape index (κ2) is 9.31. The highest BCUT2D eigenvalue weighted by molar-refractivity contribution is 7.09. The summed E-state index contributed by atoms with van der Waals surface area (Å²) < 4.78 is 14.3. The Morgan fingerprint density at radius 2 is 1.86 bits per heavy atom. The Morgan fingerprint density at radius 3 is 2.67 bits per heavy atom. The molecule has 0 bridgehead atoms. The molecule has 0 N–H and O–H groups in total. The molecule has 1 amide bonds. The lowest BCUT2D eigenvalue weighted by molar-refractivity contribution is -0.119. The summed E-state index contributed by atoms with van der Waals surface area (Å²) in [5, 5.41) is 6.65. The zero-order valence-corrected chi connectivity index (χ0v) is 19.9. The molecule has 0 radical (unpaired) electrons. The molecule has 10 heteroatoms. The SMILES string of the molecule is O=C(Cn1cnc2c(cnn2-c2ccccc2)c1=O)N(Cc1cccs1)c1ccc2c(c1)OCCO2. The number of nitrogens with zero attached hydrogens (tertiary/aromatic N) is 5. The van der Waals surface area contributed by atoms with Crippen molar-refractivity contribution < 1.29 is 14.3 Å². The summed E-state index contributed by atoms with van der Waals surface area (Å²) in [6, 6.07) is 18.8. The normalized spacial score (nSPS) is 12.6. The number of para-hydroxylation sites is 1. The van der Waals surface area contributed by atoms with Crippen LogP contribution in [0.1, 0.15) is 4.88 Å². The average molecular weight is 500 g/mol. The van der Waals surface area contributed by atoms with Crippen molar-refractivity contribution in [3.8, 4) is 17.2 Å². The fourth-order valence-electron chi connectivity index (χ4n) is 4.13. The zero-order chi connectivity index (χ0) is 24.5. The Labute approximate surface area is 209 Å². The van der Waals surface area contributed by atoms with Gasteiger partial charge < -0.3 is 14.4 Å². The van der Waals surface area contributed by atoms with Gasteiger partial charge in [-0.05, 0) is 35.7 Å². The molecule has 4 heterocycles. The molecule has 1 aliphatic heterocycles. The number of thiophene rings is 1. The van der Waals surface area contributed by atoms with Crippen LogP contribution in [0.2, 0.25) is 0 Å². The molecule has 0 fully saturated rings. The molecule has 1 aliphatic rings. The summed E-state index contributed by atoms with van der Waals surface area (Å²) in [5.74, 6) is 0.991. The van der Waals surface area contributed by atoms with Crippen molar-refractivity contribution in [2.24, 2.45) is 0 Å². The zero-order valence-electron chi connectivity index (χ0n) is 19.1.